The molecule has 8 heteroatoms. The third-order valence-corrected chi connectivity index (χ3v) is 4.15. The Labute approximate surface area is 141 Å². The molecule has 0 atom stereocenters. The van der Waals surface area contributed by atoms with Gasteiger partial charge in [-0.3, -0.25) is 4.79 Å². The number of amides is 1. The Morgan fingerprint density at radius 3 is 2.83 bits per heavy atom. The lowest BCUT2D eigenvalue weighted by Crippen LogP contribution is -2.35. The van der Waals surface area contributed by atoms with Crippen LogP contribution in [0.25, 0.3) is 0 Å². The van der Waals surface area contributed by atoms with Gasteiger partial charge in [0.2, 0.25) is 5.91 Å². The highest BCUT2D eigenvalue weighted by atomic mass is 79.9. The number of carbonyl (C=O) groups is 1. The highest BCUT2D eigenvalue weighted by molar-refractivity contribution is 9.10. The molecule has 0 bridgehead atoms. The lowest BCUT2D eigenvalue weighted by molar-refractivity contribution is -0.389. The molecule has 1 aromatic heterocycles. The van der Waals surface area contributed by atoms with Crippen molar-refractivity contribution in [3.63, 3.8) is 0 Å². The number of nitro groups is 1. The molecule has 1 heterocycles. The van der Waals surface area contributed by atoms with Gasteiger partial charge in [-0.05, 0) is 35.5 Å². The first-order valence-corrected chi connectivity index (χ1v) is 8.04. The van der Waals surface area contributed by atoms with Gasteiger partial charge in [0.25, 0.3) is 0 Å². The second-order valence-corrected chi connectivity index (χ2v) is 6.43. The molecule has 1 fully saturated rings. The van der Waals surface area contributed by atoms with E-state index in [9.17, 15) is 14.9 Å². The van der Waals surface area contributed by atoms with E-state index < -0.39 is 4.92 Å². The predicted molar refractivity (Wildman–Crippen MR) is 86.6 cm³/mol. The molecule has 0 radical (unpaired) electrons. The van der Waals surface area contributed by atoms with E-state index in [1.54, 1.807) is 0 Å². The van der Waals surface area contributed by atoms with Crippen LogP contribution in [0.1, 0.15) is 18.4 Å². The summed E-state index contributed by atoms with van der Waals surface area (Å²) >= 11 is 3.43. The average Bonchev–Trinajstić information content (AvgIpc) is 3.23. The number of hydrogen-bond acceptors (Lipinski definition) is 4. The molecule has 0 N–H and O–H groups in total. The SMILES string of the molecule is O=C(Cn1ccc([N+](=O)[O-])n1)N(Cc1cccc(Br)c1)C1CC1. The van der Waals surface area contributed by atoms with E-state index >= 15 is 0 Å². The van der Waals surface area contributed by atoms with Crippen molar-refractivity contribution < 1.29 is 9.72 Å². The Bertz CT molecular complexity index is 742. The zero-order valence-electron chi connectivity index (χ0n) is 12.3. The van der Waals surface area contributed by atoms with Gasteiger partial charge in [0.15, 0.2) is 0 Å². The number of hydrogen-bond donors (Lipinski definition) is 0. The maximum absolute atomic E-state index is 12.5. The summed E-state index contributed by atoms with van der Waals surface area (Å²) in [6, 6.07) is 9.39. The molecule has 2 aromatic rings. The van der Waals surface area contributed by atoms with E-state index in [2.05, 4.69) is 21.0 Å². The van der Waals surface area contributed by atoms with Crippen molar-refractivity contribution in [3.8, 4) is 0 Å². The van der Waals surface area contributed by atoms with Gasteiger partial charge < -0.3 is 15.0 Å². The zero-order valence-corrected chi connectivity index (χ0v) is 13.8. The minimum atomic E-state index is -0.568. The van der Waals surface area contributed by atoms with E-state index in [-0.39, 0.29) is 24.3 Å². The number of nitrogens with zero attached hydrogens (tertiary/aromatic N) is 4. The molecule has 0 spiro atoms. The van der Waals surface area contributed by atoms with Crippen LogP contribution in [-0.4, -0.2) is 31.6 Å². The van der Waals surface area contributed by atoms with Crippen molar-refractivity contribution in [2.24, 2.45) is 0 Å². The highest BCUT2D eigenvalue weighted by Gasteiger charge is 2.33. The summed E-state index contributed by atoms with van der Waals surface area (Å²) in [6.45, 7) is 0.546. The van der Waals surface area contributed by atoms with Gasteiger partial charge in [0.05, 0.1) is 17.4 Å². The molecule has 1 aliphatic carbocycles. The maximum Gasteiger partial charge on any atom is 0.389 e. The minimum absolute atomic E-state index is 0.0122. The van der Waals surface area contributed by atoms with Crippen molar-refractivity contribution in [2.45, 2.75) is 32.0 Å². The van der Waals surface area contributed by atoms with E-state index in [1.165, 1.54) is 16.9 Å². The fourth-order valence-electron chi connectivity index (χ4n) is 2.40. The van der Waals surface area contributed by atoms with Crippen LogP contribution < -0.4 is 0 Å². The second-order valence-electron chi connectivity index (χ2n) is 5.51. The zero-order chi connectivity index (χ0) is 16.4. The fourth-order valence-corrected chi connectivity index (χ4v) is 2.85. The van der Waals surface area contributed by atoms with Crippen LogP contribution in [0.2, 0.25) is 0 Å². The van der Waals surface area contributed by atoms with Crippen molar-refractivity contribution in [2.75, 3.05) is 0 Å². The molecular formula is C15H15BrN4O3. The first-order chi connectivity index (χ1) is 11.0. The number of rotatable bonds is 6. The van der Waals surface area contributed by atoms with E-state index in [4.69, 9.17) is 0 Å². The fraction of sp³-hybridized carbons (Fsp3) is 0.333. The van der Waals surface area contributed by atoms with Crippen LogP contribution in [0.3, 0.4) is 0 Å². The van der Waals surface area contributed by atoms with Gasteiger partial charge in [-0.15, -0.1) is 0 Å². The van der Waals surface area contributed by atoms with Crippen molar-refractivity contribution >= 4 is 27.7 Å². The number of carbonyl (C=O) groups excluding carboxylic acids is 1. The van der Waals surface area contributed by atoms with Gasteiger partial charge in [0, 0.05) is 17.1 Å². The molecule has 1 saturated carbocycles. The quantitative estimate of drug-likeness (QED) is 0.571. The summed E-state index contributed by atoms with van der Waals surface area (Å²) in [6.07, 6.45) is 3.46. The van der Waals surface area contributed by atoms with Crippen LogP contribution in [0.15, 0.2) is 41.0 Å². The van der Waals surface area contributed by atoms with E-state index in [0.29, 0.717) is 6.54 Å². The normalized spacial score (nSPS) is 13.8. The molecule has 0 saturated heterocycles. The Morgan fingerprint density at radius 2 is 2.22 bits per heavy atom. The number of benzene rings is 1. The lowest BCUT2D eigenvalue weighted by Gasteiger charge is -2.22. The molecule has 7 nitrogen and oxygen atoms in total. The average molecular weight is 379 g/mol. The van der Waals surface area contributed by atoms with Crippen LogP contribution in [-0.2, 0) is 17.9 Å². The molecule has 1 amide bonds. The van der Waals surface area contributed by atoms with Crippen molar-refractivity contribution in [1.29, 1.82) is 0 Å². The third-order valence-electron chi connectivity index (χ3n) is 3.66. The summed E-state index contributed by atoms with van der Waals surface area (Å²) in [5.74, 6) is -0.326. The van der Waals surface area contributed by atoms with E-state index in [0.717, 1.165) is 22.9 Å². The first kappa shape index (κ1) is 15.7. The van der Waals surface area contributed by atoms with Crippen LogP contribution >= 0.6 is 15.9 Å². The molecule has 0 aliphatic heterocycles. The standard InChI is InChI=1S/C15H15BrN4O3/c16-12-3-1-2-11(8-12)9-19(13-4-5-13)15(21)10-18-7-6-14(17-18)20(22)23/h1-3,6-8,13H,4-5,9-10H2. The van der Waals surface area contributed by atoms with Gasteiger partial charge in [-0.2, -0.15) is 4.68 Å². The second kappa shape index (κ2) is 6.49. The van der Waals surface area contributed by atoms with Crippen molar-refractivity contribution in [3.05, 3.63) is 56.7 Å². The van der Waals surface area contributed by atoms with Crippen LogP contribution in [0, 0.1) is 10.1 Å². The minimum Gasteiger partial charge on any atom is -0.358 e. The van der Waals surface area contributed by atoms with Crippen molar-refractivity contribution in [1.82, 2.24) is 14.7 Å². The predicted octanol–water partition coefficient (Wildman–Crippen LogP) is 2.75. The van der Waals surface area contributed by atoms with Gasteiger partial charge in [-0.25, -0.2) is 0 Å². The lowest BCUT2D eigenvalue weighted by atomic mass is 10.2. The summed E-state index contributed by atoms with van der Waals surface area (Å²) in [5.41, 5.74) is 1.05. The van der Waals surface area contributed by atoms with Gasteiger partial charge >= 0.3 is 5.82 Å². The Hall–Kier alpha value is -2.22. The van der Waals surface area contributed by atoms with Crippen LogP contribution in [0.4, 0.5) is 5.82 Å². The molecule has 3 rings (SSSR count). The topological polar surface area (TPSA) is 81.3 Å². The molecule has 120 valence electrons. The highest BCUT2D eigenvalue weighted by Crippen LogP contribution is 2.29. The van der Waals surface area contributed by atoms with Crippen LogP contribution in [0.5, 0.6) is 0 Å². The molecule has 1 aromatic carbocycles. The Morgan fingerprint density at radius 1 is 1.43 bits per heavy atom. The molecule has 23 heavy (non-hydrogen) atoms. The summed E-state index contributed by atoms with van der Waals surface area (Å²) in [4.78, 5) is 24.5. The molecule has 1 aliphatic rings. The van der Waals surface area contributed by atoms with Gasteiger partial charge in [-0.1, -0.05) is 28.1 Å². The third kappa shape index (κ3) is 3.95. The largest absolute Gasteiger partial charge is 0.389 e. The number of aromatic nitrogens is 2. The summed E-state index contributed by atoms with van der Waals surface area (Å²) in [5, 5.41) is 14.5. The van der Waals surface area contributed by atoms with E-state index in [1.807, 2.05) is 29.2 Å². The Balaban J connectivity index is 1.70. The smallest absolute Gasteiger partial charge is 0.358 e. The maximum atomic E-state index is 12.5. The number of halogens is 1. The first-order valence-electron chi connectivity index (χ1n) is 7.24. The Kier molecular flexibility index (Phi) is 4.42. The summed E-state index contributed by atoms with van der Waals surface area (Å²) < 4.78 is 2.29. The molecule has 0 unspecified atom stereocenters. The molecular weight excluding hydrogens is 364 g/mol. The monoisotopic (exact) mass is 378 g/mol. The van der Waals surface area contributed by atoms with Gasteiger partial charge in [0.1, 0.15) is 6.54 Å². The summed E-state index contributed by atoms with van der Waals surface area (Å²) in [7, 11) is 0.